The van der Waals surface area contributed by atoms with E-state index in [9.17, 15) is 19.2 Å². The largest absolute Gasteiger partial charge is 0.344 e. The monoisotopic (exact) mass is 213 g/mol. The first-order valence-electron chi connectivity index (χ1n) is 4.38. The molecule has 0 spiro atoms. The van der Waals surface area contributed by atoms with E-state index in [0.29, 0.717) is 11.4 Å². The van der Waals surface area contributed by atoms with Crippen LogP contribution in [-0.4, -0.2) is 53.7 Å². The second-order valence-electron chi connectivity index (χ2n) is 3.06. The molecule has 0 unspecified atom stereocenters. The minimum atomic E-state index is -0.994. The van der Waals surface area contributed by atoms with Crippen LogP contribution >= 0.6 is 0 Å². The highest BCUT2D eigenvalue weighted by Gasteiger charge is 2.38. The lowest BCUT2D eigenvalue weighted by Crippen LogP contribution is -2.41. The lowest BCUT2D eigenvalue weighted by Gasteiger charge is -2.17. The summed E-state index contributed by atoms with van der Waals surface area (Å²) in [5.74, 6) is -2.37. The summed E-state index contributed by atoms with van der Waals surface area (Å²) in [6.07, 6.45) is 0. The van der Waals surface area contributed by atoms with Gasteiger partial charge in [0, 0.05) is 13.6 Å². The zero-order valence-electron chi connectivity index (χ0n) is 8.44. The molecule has 82 valence electrons. The fourth-order valence-electron chi connectivity index (χ4n) is 1.01. The summed E-state index contributed by atoms with van der Waals surface area (Å²) in [5.41, 5.74) is 0. The first-order valence-corrected chi connectivity index (χ1v) is 4.38. The molecule has 7 heteroatoms. The van der Waals surface area contributed by atoms with Crippen molar-refractivity contribution in [2.45, 2.75) is 6.92 Å². The molecule has 0 atom stereocenters. The molecule has 1 rings (SSSR count). The summed E-state index contributed by atoms with van der Waals surface area (Å²) < 4.78 is 0. The van der Waals surface area contributed by atoms with Gasteiger partial charge in [-0.05, 0) is 6.92 Å². The number of amides is 5. The van der Waals surface area contributed by atoms with E-state index in [4.69, 9.17) is 0 Å². The van der Waals surface area contributed by atoms with Crippen molar-refractivity contribution in [2.24, 2.45) is 0 Å². The van der Waals surface area contributed by atoms with Gasteiger partial charge in [-0.2, -0.15) is 0 Å². The molecule has 15 heavy (non-hydrogen) atoms. The number of hydrogen-bond donors (Lipinski definition) is 1. The molecule has 1 aliphatic rings. The SMILES string of the molecule is CCN(C)C(=O)CN1C(=O)NC(=O)C1=O. The first kappa shape index (κ1) is 11.2. The Bertz CT molecular complexity index is 339. The Hall–Kier alpha value is -1.92. The van der Waals surface area contributed by atoms with E-state index in [2.05, 4.69) is 0 Å². The van der Waals surface area contributed by atoms with Crippen molar-refractivity contribution in [3.63, 3.8) is 0 Å². The Morgan fingerprint density at radius 1 is 1.40 bits per heavy atom. The van der Waals surface area contributed by atoms with Gasteiger partial charge in [0.25, 0.3) is 0 Å². The van der Waals surface area contributed by atoms with E-state index in [1.54, 1.807) is 19.3 Å². The van der Waals surface area contributed by atoms with Crippen molar-refractivity contribution in [3.8, 4) is 0 Å². The average molecular weight is 213 g/mol. The van der Waals surface area contributed by atoms with Crippen molar-refractivity contribution >= 4 is 23.8 Å². The lowest BCUT2D eigenvalue weighted by atomic mass is 10.4. The Morgan fingerprint density at radius 3 is 2.40 bits per heavy atom. The highest BCUT2D eigenvalue weighted by atomic mass is 16.2. The molecule has 1 aliphatic heterocycles. The molecule has 1 fully saturated rings. The molecular formula is C8H11N3O4. The van der Waals surface area contributed by atoms with Gasteiger partial charge in [0.1, 0.15) is 6.54 Å². The van der Waals surface area contributed by atoms with E-state index in [-0.39, 0.29) is 0 Å². The number of imide groups is 2. The molecule has 0 radical (unpaired) electrons. The van der Waals surface area contributed by atoms with E-state index >= 15 is 0 Å². The number of nitrogens with zero attached hydrogens (tertiary/aromatic N) is 2. The standard InChI is InChI=1S/C8H11N3O4/c1-3-10(2)5(12)4-11-7(14)6(13)9-8(11)15/h3-4H2,1-2H3,(H,9,13,15). The highest BCUT2D eigenvalue weighted by molar-refractivity contribution is 6.45. The van der Waals surface area contributed by atoms with Crippen LogP contribution in [0, 0.1) is 0 Å². The van der Waals surface area contributed by atoms with Crippen LogP contribution in [-0.2, 0) is 14.4 Å². The van der Waals surface area contributed by atoms with Gasteiger partial charge in [-0.3, -0.25) is 19.7 Å². The van der Waals surface area contributed by atoms with Crippen LogP contribution in [0.2, 0.25) is 0 Å². The third-order valence-electron chi connectivity index (χ3n) is 2.10. The van der Waals surface area contributed by atoms with Crippen molar-refractivity contribution < 1.29 is 19.2 Å². The summed E-state index contributed by atoms with van der Waals surface area (Å²) in [4.78, 5) is 46.2. The number of carbonyl (C=O) groups excluding carboxylic acids is 4. The quantitative estimate of drug-likeness (QED) is 0.458. The van der Waals surface area contributed by atoms with E-state index in [0.717, 1.165) is 0 Å². The second kappa shape index (κ2) is 4.07. The Balaban J connectivity index is 2.66. The molecule has 5 amide bonds. The average Bonchev–Trinajstić information content (AvgIpc) is 2.43. The number of urea groups is 1. The minimum absolute atomic E-state index is 0.393. The van der Waals surface area contributed by atoms with Crippen LogP contribution in [0.4, 0.5) is 4.79 Å². The molecule has 0 aromatic carbocycles. The number of rotatable bonds is 3. The van der Waals surface area contributed by atoms with Gasteiger partial charge in [-0.1, -0.05) is 0 Å². The Labute approximate surface area is 86.0 Å². The predicted molar refractivity (Wildman–Crippen MR) is 48.6 cm³/mol. The van der Waals surface area contributed by atoms with Gasteiger partial charge in [-0.15, -0.1) is 0 Å². The maximum Gasteiger partial charge on any atom is 0.332 e. The number of carbonyl (C=O) groups is 4. The van der Waals surface area contributed by atoms with Crippen LogP contribution in [0.3, 0.4) is 0 Å². The van der Waals surface area contributed by atoms with Gasteiger partial charge in [0.15, 0.2) is 0 Å². The summed E-state index contributed by atoms with van der Waals surface area (Å²) in [6, 6.07) is -0.845. The molecule has 0 bridgehead atoms. The van der Waals surface area contributed by atoms with Gasteiger partial charge < -0.3 is 4.90 Å². The van der Waals surface area contributed by atoms with E-state index < -0.39 is 30.3 Å². The predicted octanol–water partition coefficient (Wildman–Crippen LogP) is -1.46. The molecular weight excluding hydrogens is 202 g/mol. The van der Waals surface area contributed by atoms with Gasteiger partial charge in [-0.25, -0.2) is 9.69 Å². The zero-order chi connectivity index (χ0) is 11.6. The number of nitrogens with one attached hydrogen (secondary N) is 1. The molecule has 0 saturated carbocycles. The Morgan fingerprint density at radius 2 is 2.00 bits per heavy atom. The highest BCUT2D eigenvalue weighted by Crippen LogP contribution is 2.01. The molecule has 1 saturated heterocycles. The normalized spacial score (nSPS) is 15.6. The van der Waals surface area contributed by atoms with E-state index in [1.807, 2.05) is 0 Å². The zero-order valence-corrected chi connectivity index (χ0v) is 8.44. The van der Waals surface area contributed by atoms with Crippen molar-refractivity contribution in [1.82, 2.24) is 15.1 Å². The van der Waals surface area contributed by atoms with Crippen LogP contribution in [0.15, 0.2) is 0 Å². The summed E-state index contributed by atoms with van der Waals surface area (Å²) >= 11 is 0. The smallest absolute Gasteiger partial charge is 0.332 e. The molecule has 0 aromatic heterocycles. The molecule has 1 N–H and O–H groups in total. The summed E-state index contributed by atoms with van der Waals surface area (Å²) in [7, 11) is 1.54. The van der Waals surface area contributed by atoms with Crippen molar-refractivity contribution in [2.75, 3.05) is 20.1 Å². The lowest BCUT2D eigenvalue weighted by molar-refractivity contribution is -0.142. The van der Waals surface area contributed by atoms with Gasteiger partial charge in [0.05, 0.1) is 0 Å². The Kier molecular flexibility index (Phi) is 3.03. The minimum Gasteiger partial charge on any atom is -0.344 e. The number of likely N-dealkylation sites (N-methyl/N-ethyl adjacent to an activating group) is 1. The van der Waals surface area contributed by atoms with Crippen molar-refractivity contribution in [1.29, 1.82) is 0 Å². The molecule has 1 heterocycles. The summed E-state index contributed by atoms with van der Waals surface area (Å²) in [6.45, 7) is 1.83. The maximum atomic E-state index is 11.4. The third-order valence-corrected chi connectivity index (χ3v) is 2.10. The van der Waals surface area contributed by atoms with E-state index in [1.165, 1.54) is 4.90 Å². The second-order valence-corrected chi connectivity index (χ2v) is 3.06. The van der Waals surface area contributed by atoms with Crippen LogP contribution in [0.5, 0.6) is 0 Å². The van der Waals surface area contributed by atoms with Crippen LogP contribution in [0.25, 0.3) is 0 Å². The van der Waals surface area contributed by atoms with Gasteiger partial charge >= 0.3 is 17.8 Å². The van der Waals surface area contributed by atoms with Gasteiger partial charge in [0.2, 0.25) is 5.91 Å². The molecule has 7 nitrogen and oxygen atoms in total. The fraction of sp³-hybridized carbons (Fsp3) is 0.500. The fourth-order valence-corrected chi connectivity index (χ4v) is 1.01. The third kappa shape index (κ3) is 2.12. The molecule has 0 aromatic rings. The topological polar surface area (TPSA) is 86.8 Å². The van der Waals surface area contributed by atoms with Crippen molar-refractivity contribution in [3.05, 3.63) is 0 Å². The first-order chi connectivity index (χ1) is 6.97. The van der Waals surface area contributed by atoms with Crippen LogP contribution < -0.4 is 5.32 Å². The number of hydrogen-bond acceptors (Lipinski definition) is 4. The molecule has 0 aliphatic carbocycles. The maximum absolute atomic E-state index is 11.4. The van der Waals surface area contributed by atoms with Crippen LogP contribution in [0.1, 0.15) is 6.92 Å². The summed E-state index contributed by atoms with van der Waals surface area (Å²) in [5, 5.41) is 1.81.